The smallest absolute Gasteiger partial charge is 0.299 e. The van der Waals surface area contributed by atoms with Crippen molar-refractivity contribution in [2.45, 2.75) is 31.2 Å². The molecule has 3 heterocycles. The number of aromatic amines is 2. The first kappa shape index (κ1) is 21.4. The van der Waals surface area contributed by atoms with Gasteiger partial charge in [0.25, 0.3) is 5.92 Å². The first-order chi connectivity index (χ1) is 17.5. The van der Waals surface area contributed by atoms with E-state index < -0.39 is 5.92 Å². The van der Waals surface area contributed by atoms with E-state index in [2.05, 4.69) is 26.9 Å². The number of halogens is 2. The van der Waals surface area contributed by atoms with Crippen LogP contribution in [0, 0.1) is 0 Å². The van der Waals surface area contributed by atoms with Crippen molar-refractivity contribution in [1.29, 1.82) is 0 Å². The van der Waals surface area contributed by atoms with Gasteiger partial charge in [0, 0.05) is 16.7 Å². The summed E-state index contributed by atoms with van der Waals surface area (Å²) in [7, 11) is 2.14. The summed E-state index contributed by atoms with van der Waals surface area (Å²) in [5, 5.41) is 0. The van der Waals surface area contributed by atoms with Crippen LogP contribution in [-0.4, -0.2) is 38.4 Å². The number of alkyl halides is 2. The first-order valence-corrected chi connectivity index (χ1v) is 12.4. The van der Waals surface area contributed by atoms with Gasteiger partial charge in [-0.05, 0) is 73.0 Å². The summed E-state index contributed by atoms with van der Waals surface area (Å²) in [6.45, 7) is 1.07. The highest BCUT2D eigenvalue weighted by molar-refractivity contribution is 5.86. The molecule has 7 rings (SSSR count). The fraction of sp³-hybridized carbons (Fsp3) is 0.241. The van der Waals surface area contributed by atoms with E-state index in [1.807, 2.05) is 36.4 Å². The Hall–Kier alpha value is -3.84. The third-order valence-electron chi connectivity index (χ3n) is 7.73. The number of fused-ring (bicyclic) bond motifs is 4. The van der Waals surface area contributed by atoms with E-state index in [0.717, 1.165) is 46.6 Å². The Labute approximate surface area is 207 Å². The van der Waals surface area contributed by atoms with Crippen LogP contribution < -0.4 is 0 Å². The molecular formula is C29H25F2N5. The Bertz CT molecular complexity index is 1600. The van der Waals surface area contributed by atoms with Crippen LogP contribution >= 0.6 is 0 Å². The van der Waals surface area contributed by atoms with Gasteiger partial charge in [0.1, 0.15) is 5.82 Å². The predicted octanol–water partition coefficient (Wildman–Crippen LogP) is 6.90. The lowest BCUT2D eigenvalue weighted by Crippen LogP contribution is -2.30. The van der Waals surface area contributed by atoms with Crippen LogP contribution in [0.1, 0.15) is 42.3 Å². The molecule has 5 aromatic rings. The third-order valence-corrected chi connectivity index (χ3v) is 7.73. The SMILES string of the molecule is CN1CCCCC1c1nc2ccc(-c3ccc4c(c3)C(F)(F)c3cc(-c5cnc[nH]5)ccc3-4)cc2[nH]1. The van der Waals surface area contributed by atoms with Gasteiger partial charge in [0.2, 0.25) is 0 Å². The molecule has 3 aromatic carbocycles. The molecule has 1 fully saturated rings. The maximum absolute atomic E-state index is 15.7. The summed E-state index contributed by atoms with van der Waals surface area (Å²) in [5.74, 6) is -2.10. The number of hydrogen-bond acceptors (Lipinski definition) is 3. The van der Waals surface area contributed by atoms with Gasteiger partial charge in [-0.3, -0.25) is 4.90 Å². The molecule has 1 unspecified atom stereocenters. The lowest BCUT2D eigenvalue weighted by atomic mass is 9.98. The van der Waals surface area contributed by atoms with Crippen LogP contribution in [-0.2, 0) is 5.92 Å². The van der Waals surface area contributed by atoms with E-state index in [9.17, 15) is 0 Å². The molecule has 0 amide bonds. The van der Waals surface area contributed by atoms with Crippen LogP contribution in [0.3, 0.4) is 0 Å². The molecule has 2 aromatic heterocycles. The number of piperidine rings is 1. The Morgan fingerprint density at radius 2 is 1.64 bits per heavy atom. The zero-order chi connectivity index (χ0) is 24.4. The van der Waals surface area contributed by atoms with Crippen LogP contribution in [0.25, 0.3) is 44.5 Å². The van der Waals surface area contributed by atoms with E-state index in [1.54, 1.807) is 30.7 Å². The normalized spacial score (nSPS) is 18.9. The van der Waals surface area contributed by atoms with Crippen LogP contribution in [0.15, 0.2) is 67.1 Å². The van der Waals surface area contributed by atoms with E-state index >= 15 is 8.78 Å². The van der Waals surface area contributed by atoms with E-state index in [1.165, 1.54) is 12.8 Å². The van der Waals surface area contributed by atoms with E-state index in [0.29, 0.717) is 22.7 Å². The summed E-state index contributed by atoms with van der Waals surface area (Å²) in [6.07, 6.45) is 6.70. The Kier molecular flexibility index (Phi) is 4.66. The highest BCUT2D eigenvalue weighted by Crippen LogP contribution is 2.52. The Balaban J connectivity index is 1.26. The van der Waals surface area contributed by atoms with Gasteiger partial charge in [0.05, 0.1) is 35.3 Å². The van der Waals surface area contributed by atoms with Crippen molar-refractivity contribution in [3.8, 4) is 33.5 Å². The van der Waals surface area contributed by atoms with Crippen LogP contribution in [0.4, 0.5) is 8.78 Å². The summed E-state index contributed by atoms with van der Waals surface area (Å²) in [4.78, 5) is 17.7. The molecule has 0 saturated carbocycles. The number of hydrogen-bond donors (Lipinski definition) is 2. The number of benzene rings is 3. The first-order valence-electron chi connectivity index (χ1n) is 12.4. The molecule has 36 heavy (non-hydrogen) atoms. The average molecular weight is 482 g/mol. The van der Waals surface area contributed by atoms with Crippen molar-refractivity contribution < 1.29 is 8.78 Å². The van der Waals surface area contributed by atoms with E-state index in [-0.39, 0.29) is 11.1 Å². The summed E-state index contributed by atoms with van der Waals surface area (Å²) < 4.78 is 31.4. The second-order valence-corrected chi connectivity index (χ2v) is 9.91. The minimum Gasteiger partial charge on any atom is -0.345 e. The Morgan fingerprint density at radius 1 is 0.917 bits per heavy atom. The van der Waals surface area contributed by atoms with Gasteiger partial charge in [-0.1, -0.05) is 36.8 Å². The highest BCUT2D eigenvalue weighted by atomic mass is 19.3. The van der Waals surface area contributed by atoms with Crippen LogP contribution in [0.2, 0.25) is 0 Å². The molecule has 0 bridgehead atoms. The van der Waals surface area contributed by atoms with Crippen molar-refractivity contribution >= 4 is 11.0 Å². The minimum atomic E-state index is -3.08. The van der Waals surface area contributed by atoms with Crippen molar-refractivity contribution in [1.82, 2.24) is 24.8 Å². The molecule has 0 radical (unpaired) electrons. The lowest BCUT2D eigenvalue weighted by Gasteiger charge is -2.30. The number of H-pyrrole nitrogens is 2. The number of imidazole rings is 2. The second-order valence-electron chi connectivity index (χ2n) is 9.91. The standard InChI is InChI=1S/C29H25F2N5/c1-36-11-3-2-4-27(36)28-34-24-10-7-18(14-25(24)35-28)17-5-8-20-21-9-6-19(26-15-32-16-33-26)13-23(21)29(30,31)22(20)12-17/h5-10,12-16,27H,2-4,11H2,1H3,(H,32,33)(H,34,35). The van der Waals surface area contributed by atoms with Gasteiger partial charge < -0.3 is 9.97 Å². The van der Waals surface area contributed by atoms with E-state index in [4.69, 9.17) is 4.98 Å². The number of likely N-dealkylation sites (tertiary alicyclic amines) is 1. The van der Waals surface area contributed by atoms with Gasteiger partial charge in [-0.25, -0.2) is 9.97 Å². The maximum atomic E-state index is 15.7. The zero-order valence-electron chi connectivity index (χ0n) is 19.9. The fourth-order valence-electron chi connectivity index (χ4n) is 5.77. The highest BCUT2D eigenvalue weighted by Gasteiger charge is 2.44. The number of nitrogens with zero attached hydrogens (tertiary/aromatic N) is 3. The van der Waals surface area contributed by atoms with Crippen molar-refractivity contribution in [2.75, 3.05) is 13.6 Å². The largest absolute Gasteiger partial charge is 0.345 e. The van der Waals surface area contributed by atoms with Gasteiger partial charge in [-0.2, -0.15) is 8.78 Å². The van der Waals surface area contributed by atoms with Crippen molar-refractivity contribution in [2.24, 2.45) is 0 Å². The second kappa shape index (κ2) is 7.83. The summed E-state index contributed by atoms with van der Waals surface area (Å²) >= 11 is 0. The van der Waals surface area contributed by atoms with Gasteiger partial charge in [0.15, 0.2) is 0 Å². The number of rotatable bonds is 3. The molecular weight excluding hydrogens is 456 g/mol. The molecule has 7 heteroatoms. The van der Waals surface area contributed by atoms with Crippen LogP contribution in [0.5, 0.6) is 0 Å². The average Bonchev–Trinajstić information content (AvgIpc) is 3.62. The molecule has 180 valence electrons. The molecule has 2 N–H and O–H groups in total. The molecule has 5 nitrogen and oxygen atoms in total. The molecule has 1 saturated heterocycles. The summed E-state index contributed by atoms with van der Waals surface area (Å²) in [6, 6.07) is 16.9. The fourth-order valence-corrected chi connectivity index (χ4v) is 5.77. The summed E-state index contributed by atoms with van der Waals surface area (Å²) in [5.41, 5.74) is 6.15. The monoisotopic (exact) mass is 481 g/mol. The topological polar surface area (TPSA) is 60.6 Å². The minimum absolute atomic E-state index is 0.0343. The molecule has 2 aliphatic rings. The number of aromatic nitrogens is 4. The molecule has 1 aliphatic carbocycles. The maximum Gasteiger partial charge on any atom is 0.299 e. The number of nitrogens with one attached hydrogen (secondary N) is 2. The molecule has 1 atom stereocenters. The van der Waals surface area contributed by atoms with Gasteiger partial charge in [-0.15, -0.1) is 0 Å². The van der Waals surface area contributed by atoms with Crippen molar-refractivity contribution in [3.05, 3.63) is 84.1 Å². The molecule has 0 spiro atoms. The third kappa shape index (κ3) is 3.23. The lowest BCUT2D eigenvalue weighted by molar-refractivity contribution is 0.0481. The zero-order valence-corrected chi connectivity index (χ0v) is 19.9. The van der Waals surface area contributed by atoms with Crippen molar-refractivity contribution in [3.63, 3.8) is 0 Å². The predicted molar refractivity (Wildman–Crippen MR) is 137 cm³/mol. The van der Waals surface area contributed by atoms with Gasteiger partial charge >= 0.3 is 0 Å². The Morgan fingerprint density at radius 3 is 2.39 bits per heavy atom. The molecule has 1 aliphatic heterocycles. The quantitative estimate of drug-likeness (QED) is 0.295.